The van der Waals surface area contributed by atoms with Gasteiger partial charge in [-0.2, -0.15) is 0 Å². The predicted octanol–water partition coefficient (Wildman–Crippen LogP) is 2.87. The summed E-state index contributed by atoms with van der Waals surface area (Å²) in [6, 6.07) is 13.0. The van der Waals surface area contributed by atoms with E-state index in [1.54, 1.807) is 6.92 Å². The molecule has 2 rings (SSSR count). The van der Waals surface area contributed by atoms with Crippen molar-refractivity contribution in [1.29, 1.82) is 0 Å². The third kappa shape index (κ3) is 4.83. The average molecular weight is 376 g/mol. The Morgan fingerprint density at radius 1 is 1.04 bits per heavy atom. The molecule has 26 heavy (non-hydrogen) atoms. The number of hydrogen-bond donors (Lipinski definition) is 2. The zero-order chi connectivity index (χ0) is 19.3. The van der Waals surface area contributed by atoms with E-state index in [1.165, 1.54) is 25.3 Å². The van der Waals surface area contributed by atoms with Crippen molar-refractivity contribution >= 4 is 15.9 Å². The lowest BCUT2D eigenvalue weighted by Crippen LogP contribution is -2.31. The smallest absolute Gasteiger partial charge is 0.255 e. The highest BCUT2D eigenvalue weighted by Gasteiger charge is 2.22. The lowest BCUT2D eigenvalue weighted by molar-refractivity contribution is 0.0940. The van der Waals surface area contributed by atoms with E-state index >= 15 is 0 Å². The van der Waals surface area contributed by atoms with Gasteiger partial charge in [0.1, 0.15) is 5.75 Å². The number of carbonyl (C=O) groups excluding carboxylic acids is 1. The van der Waals surface area contributed by atoms with Crippen molar-refractivity contribution in [3.63, 3.8) is 0 Å². The highest BCUT2D eigenvalue weighted by atomic mass is 32.2. The van der Waals surface area contributed by atoms with Crippen LogP contribution in [0.3, 0.4) is 0 Å². The van der Waals surface area contributed by atoms with Crippen LogP contribution >= 0.6 is 0 Å². The van der Waals surface area contributed by atoms with Crippen LogP contribution in [0.2, 0.25) is 0 Å². The average Bonchev–Trinajstić information content (AvgIpc) is 2.60. The summed E-state index contributed by atoms with van der Waals surface area (Å²) in [6.07, 6.45) is 0. The first kappa shape index (κ1) is 19.9. The zero-order valence-corrected chi connectivity index (χ0v) is 16.1. The molecule has 0 saturated heterocycles. The van der Waals surface area contributed by atoms with Gasteiger partial charge in [0.25, 0.3) is 5.91 Å². The Morgan fingerprint density at radius 3 is 2.27 bits per heavy atom. The maximum Gasteiger partial charge on any atom is 0.255 e. The van der Waals surface area contributed by atoms with Gasteiger partial charge in [-0.1, -0.05) is 30.3 Å². The summed E-state index contributed by atoms with van der Waals surface area (Å²) in [4.78, 5) is 12.4. The molecular weight excluding hydrogens is 352 g/mol. The van der Waals surface area contributed by atoms with Crippen LogP contribution in [0.15, 0.2) is 53.4 Å². The second-order valence-corrected chi connectivity index (χ2v) is 7.96. The highest BCUT2D eigenvalue weighted by Crippen LogP contribution is 2.24. The molecule has 0 heterocycles. The van der Waals surface area contributed by atoms with Crippen molar-refractivity contribution in [2.75, 3.05) is 7.11 Å². The van der Waals surface area contributed by atoms with E-state index in [4.69, 9.17) is 4.74 Å². The number of rotatable bonds is 7. The van der Waals surface area contributed by atoms with E-state index in [0.717, 1.165) is 5.56 Å². The number of hydrogen-bond acceptors (Lipinski definition) is 4. The van der Waals surface area contributed by atoms with Crippen molar-refractivity contribution in [3.8, 4) is 5.75 Å². The van der Waals surface area contributed by atoms with E-state index in [2.05, 4.69) is 10.0 Å². The van der Waals surface area contributed by atoms with Gasteiger partial charge in [0.15, 0.2) is 0 Å². The van der Waals surface area contributed by atoms with E-state index in [9.17, 15) is 13.2 Å². The minimum Gasteiger partial charge on any atom is -0.496 e. The van der Waals surface area contributed by atoms with Gasteiger partial charge in [0.2, 0.25) is 10.0 Å². The second-order valence-electron chi connectivity index (χ2n) is 6.24. The summed E-state index contributed by atoms with van der Waals surface area (Å²) in [6.45, 7) is 5.42. The first-order valence-electron chi connectivity index (χ1n) is 8.30. The Hall–Kier alpha value is -2.38. The Bertz CT molecular complexity index is 864. The molecule has 140 valence electrons. The minimum atomic E-state index is -3.80. The van der Waals surface area contributed by atoms with Crippen LogP contribution in [0.1, 0.15) is 42.7 Å². The molecular formula is C19H24N2O4S. The molecule has 0 radical (unpaired) electrons. The molecule has 7 heteroatoms. The van der Waals surface area contributed by atoms with Crippen molar-refractivity contribution in [2.45, 2.75) is 37.8 Å². The lowest BCUT2D eigenvalue weighted by Gasteiger charge is -2.16. The fourth-order valence-corrected chi connectivity index (χ4v) is 3.74. The predicted molar refractivity (Wildman–Crippen MR) is 101 cm³/mol. The number of carbonyl (C=O) groups is 1. The SMILES string of the molecule is COc1ccc(S(=O)(=O)N[C@H](C)c2ccccc2)cc1C(=O)NC(C)C. The van der Waals surface area contributed by atoms with Gasteiger partial charge in [-0.15, -0.1) is 0 Å². The molecule has 2 N–H and O–H groups in total. The highest BCUT2D eigenvalue weighted by molar-refractivity contribution is 7.89. The molecule has 0 aliphatic rings. The summed E-state index contributed by atoms with van der Waals surface area (Å²) in [5.41, 5.74) is 1.03. The molecule has 0 aliphatic heterocycles. The molecule has 0 unspecified atom stereocenters. The van der Waals surface area contributed by atoms with Crippen LogP contribution in [-0.2, 0) is 10.0 Å². The Labute approximate surface area is 154 Å². The van der Waals surface area contributed by atoms with Crippen LogP contribution in [0, 0.1) is 0 Å². The largest absolute Gasteiger partial charge is 0.496 e. The minimum absolute atomic E-state index is 0.00925. The fraction of sp³-hybridized carbons (Fsp3) is 0.316. The quantitative estimate of drug-likeness (QED) is 0.778. The molecule has 6 nitrogen and oxygen atoms in total. The molecule has 0 spiro atoms. The molecule has 1 atom stereocenters. The van der Waals surface area contributed by atoms with Crippen molar-refractivity contribution in [2.24, 2.45) is 0 Å². The monoisotopic (exact) mass is 376 g/mol. The molecule has 0 aliphatic carbocycles. The number of nitrogens with one attached hydrogen (secondary N) is 2. The Morgan fingerprint density at radius 2 is 1.69 bits per heavy atom. The molecule has 0 fully saturated rings. The summed E-state index contributed by atoms with van der Waals surface area (Å²) >= 11 is 0. The van der Waals surface area contributed by atoms with Gasteiger partial charge in [0, 0.05) is 12.1 Å². The number of benzene rings is 2. The summed E-state index contributed by atoms with van der Waals surface area (Å²) in [7, 11) is -2.37. The first-order chi connectivity index (χ1) is 12.2. The first-order valence-corrected chi connectivity index (χ1v) is 9.79. The molecule has 0 saturated carbocycles. The summed E-state index contributed by atoms with van der Waals surface area (Å²) < 4.78 is 33.3. The Balaban J connectivity index is 2.33. The zero-order valence-electron chi connectivity index (χ0n) is 15.3. The maximum absolute atomic E-state index is 12.7. The molecule has 0 bridgehead atoms. The molecule has 0 aromatic heterocycles. The number of ether oxygens (including phenoxy) is 1. The third-order valence-electron chi connectivity index (χ3n) is 3.78. The molecule has 1 amide bonds. The standard InChI is InChI=1S/C19H24N2O4S/c1-13(2)20-19(22)17-12-16(10-11-18(17)25-4)26(23,24)21-14(3)15-8-6-5-7-9-15/h5-14,21H,1-4H3,(H,20,22)/t14-/m1/s1. The van der Waals surface area contributed by atoms with Crippen molar-refractivity contribution in [1.82, 2.24) is 10.0 Å². The molecule has 2 aromatic carbocycles. The molecule has 2 aromatic rings. The lowest BCUT2D eigenvalue weighted by atomic mass is 10.1. The van der Waals surface area contributed by atoms with E-state index in [-0.39, 0.29) is 22.4 Å². The number of amides is 1. The van der Waals surface area contributed by atoms with Gasteiger partial charge in [0.05, 0.1) is 17.6 Å². The Kier molecular flexibility index (Phi) is 6.39. The van der Waals surface area contributed by atoms with Gasteiger partial charge < -0.3 is 10.1 Å². The van der Waals surface area contributed by atoms with Crippen LogP contribution in [0.25, 0.3) is 0 Å². The number of methoxy groups -OCH3 is 1. The third-order valence-corrected chi connectivity index (χ3v) is 5.32. The topological polar surface area (TPSA) is 84.5 Å². The van der Waals surface area contributed by atoms with Gasteiger partial charge >= 0.3 is 0 Å². The summed E-state index contributed by atoms with van der Waals surface area (Å²) in [5, 5.41) is 2.74. The van der Waals surface area contributed by atoms with E-state index in [1.807, 2.05) is 44.2 Å². The van der Waals surface area contributed by atoms with E-state index < -0.39 is 16.1 Å². The van der Waals surface area contributed by atoms with Crippen LogP contribution in [0.4, 0.5) is 0 Å². The second kappa shape index (κ2) is 8.33. The van der Waals surface area contributed by atoms with Crippen LogP contribution in [-0.4, -0.2) is 27.5 Å². The van der Waals surface area contributed by atoms with Crippen molar-refractivity contribution in [3.05, 3.63) is 59.7 Å². The fourth-order valence-electron chi connectivity index (χ4n) is 2.48. The van der Waals surface area contributed by atoms with Crippen molar-refractivity contribution < 1.29 is 17.9 Å². The van der Waals surface area contributed by atoms with Gasteiger partial charge in [-0.25, -0.2) is 13.1 Å². The van der Waals surface area contributed by atoms with Crippen LogP contribution < -0.4 is 14.8 Å². The van der Waals surface area contributed by atoms with Gasteiger partial charge in [-0.3, -0.25) is 4.79 Å². The maximum atomic E-state index is 12.7. The van der Waals surface area contributed by atoms with Gasteiger partial charge in [-0.05, 0) is 44.5 Å². The summed E-state index contributed by atoms with van der Waals surface area (Å²) in [5.74, 6) is -0.0665. The van der Waals surface area contributed by atoms with Crippen LogP contribution in [0.5, 0.6) is 5.75 Å². The number of sulfonamides is 1. The van der Waals surface area contributed by atoms with E-state index in [0.29, 0.717) is 5.75 Å². The normalized spacial score (nSPS) is 12.7.